The van der Waals surface area contributed by atoms with Crippen LogP contribution in [0.4, 0.5) is 0 Å². The molecule has 0 spiro atoms. The lowest BCUT2D eigenvalue weighted by atomic mass is 10.2. The van der Waals surface area contributed by atoms with Crippen molar-refractivity contribution in [2.45, 2.75) is 6.04 Å². The van der Waals surface area contributed by atoms with Crippen molar-refractivity contribution in [2.75, 3.05) is 32.4 Å². The van der Waals surface area contributed by atoms with Gasteiger partial charge in [0.05, 0.1) is 18.6 Å². The minimum Gasteiger partial charge on any atom is -0.467 e. The van der Waals surface area contributed by atoms with Gasteiger partial charge in [0.25, 0.3) is 0 Å². The Kier molecular flexibility index (Phi) is 3.71. The maximum Gasteiger partial charge on any atom is 0.211 e. The first-order valence-corrected chi connectivity index (χ1v) is 7.49. The Bertz CT molecular complexity index is 524. The molecule has 0 aromatic carbocycles. The van der Waals surface area contributed by atoms with Gasteiger partial charge in [0.1, 0.15) is 5.76 Å². The SMILES string of the molecule is CS(=O)(=O)N1CCN(C(C#N)c2ccco2)CC1. The molecular weight excluding hydrogens is 254 g/mol. The highest BCUT2D eigenvalue weighted by atomic mass is 32.2. The van der Waals surface area contributed by atoms with Gasteiger partial charge in [-0.15, -0.1) is 0 Å². The zero-order valence-electron chi connectivity index (χ0n) is 10.1. The van der Waals surface area contributed by atoms with Crippen molar-refractivity contribution in [1.82, 2.24) is 9.21 Å². The molecule has 0 amide bonds. The second-order valence-corrected chi connectivity index (χ2v) is 6.23. The fourth-order valence-corrected chi connectivity index (χ4v) is 2.89. The highest BCUT2D eigenvalue weighted by Gasteiger charge is 2.29. The molecule has 1 aliphatic heterocycles. The molecule has 1 saturated heterocycles. The molecule has 0 bridgehead atoms. The van der Waals surface area contributed by atoms with Crippen LogP contribution < -0.4 is 0 Å². The van der Waals surface area contributed by atoms with Crippen LogP contribution in [-0.4, -0.2) is 50.1 Å². The van der Waals surface area contributed by atoms with Gasteiger partial charge in [-0.05, 0) is 12.1 Å². The molecule has 1 aliphatic rings. The second-order valence-electron chi connectivity index (χ2n) is 4.25. The zero-order valence-corrected chi connectivity index (χ0v) is 10.9. The van der Waals surface area contributed by atoms with Crippen LogP contribution in [0.3, 0.4) is 0 Å². The van der Waals surface area contributed by atoms with Crippen LogP contribution >= 0.6 is 0 Å². The molecule has 6 nitrogen and oxygen atoms in total. The van der Waals surface area contributed by atoms with Crippen molar-refractivity contribution in [2.24, 2.45) is 0 Å². The number of sulfonamides is 1. The van der Waals surface area contributed by atoms with Crippen molar-refractivity contribution >= 4 is 10.0 Å². The molecule has 18 heavy (non-hydrogen) atoms. The van der Waals surface area contributed by atoms with Crippen molar-refractivity contribution in [3.8, 4) is 6.07 Å². The second kappa shape index (κ2) is 5.10. The maximum absolute atomic E-state index is 11.4. The van der Waals surface area contributed by atoms with Crippen molar-refractivity contribution in [1.29, 1.82) is 5.26 Å². The minimum atomic E-state index is -3.14. The van der Waals surface area contributed by atoms with E-state index in [0.717, 1.165) is 0 Å². The van der Waals surface area contributed by atoms with E-state index < -0.39 is 16.1 Å². The first-order chi connectivity index (χ1) is 8.52. The van der Waals surface area contributed by atoms with E-state index in [4.69, 9.17) is 4.42 Å². The van der Waals surface area contributed by atoms with Crippen molar-refractivity contribution in [3.05, 3.63) is 24.2 Å². The summed E-state index contributed by atoms with van der Waals surface area (Å²) in [4.78, 5) is 1.93. The number of hydrogen-bond acceptors (Lipinski definition) is 5. The predicted octanol–water partition coefficient (Wildman–Crippen LogP) is 0.421. The van der Waals surface area contributed by atoms with Gasteiger partial charge in [-0.1, -0.05) is 0 Å². The number of hydrogen-bond donors (Lipinski definition) is 0. The van der Waals surface area contributed by atoms with Crippen LogP contribution in [0.1, 0.15) is 11.8 Å². The van der Waals surface area contributed by atoms with Crippen LogP contribution in [-0.2, 0) is 10.0 Å². The third-order valence-electron chi connectivity index (χ3n) is 3.04. The lowest BCUT2D eigenvalue weighted by Gasteiger charge is -2.34. The summed E-state index contributed by atoms with van der Waals surface area (Å²) < 4.78 is 29.4. The van der Waals surface area contributed by atoms with Gasteiger partial charge in [-0.3, -0.25) is 4.90 Å². The van der Waals surface area contributed by atoms with Crippen molar-refractivity contribution < 1.29 is 12.8 Å². The number of piperazine rings is 1. The van der Waals surface area contributed by atoms with E-state index in [1.54, 1.807) is 12.1 Å². The molecular formula is C11H15N3O3S. The smallest absolute Gasteiger partial charge is 0.211 e. The number of rotatable bonds is 3. The van der Waals surface area contributed by atoms with Gasteiger partial charge in [-0.2, -0.15) is 9.57 Å². The van der Waals surface area contributed by atoms with Gasteiger partial charge in [-0.25, -0.2) is 8.42 Å². The summed E-state index contributed by atoms with van der Waals surface area (Å²) in [7, 11) is -3.14. The Morgan fingerprint density at radius 2 is 2.06 bits per heavy atom. The van der Waals surface area contributed by atoms with Crippen LogP contribution in [0, 0.1) is 11.3 Å². The van der Waals surface area contributed by atoms with E-state index in [1.165, 1.54) is 16.8 Å². The summed E-state index contributed by atoms with van der Waals surface area (Å²) in [5.41, 5.74) is 0. The lowest BCUT2D eigenvalue weighted by molar-refractivity contribution is 0.151. The summed E-state index contributed by atoms with van der Waals surface area (Å²) in [5, 5.41) is 9.19. The van der Waals surface area contributed by atoms with E-state index in [-0.39, 0.29) is 0 Å². The Balaban J connectivity index is 2.04. The molecule has 0 N–H and O–H groups in total. The molecule has 1 aromatic heterocycles. The molecule has 0 aliphatic carbocycles. The van der Waals surface area contributed by atoms with Crippen LogP contribution in [0.15, 0.2) is 22.8 Å². The zero-order chi connectivity index (χ0) is 13.2. The first-order valence-electron chi connectivity index (χ1n) is 5.64. The largest absolute Gasteiger partial charge is 0.467 e. The first kappa shape index (κ1) is 13.1. The predicted molar refractivity (Wildman–Crippen MR) is 65.1 cm³/mol. The average molecular weight is 269 g/mol. The molecule has 0 radical (unpaired) electrons. The normalized spacial score (nSPS) is 20.4. The molecule has 2 rings (SSSR count). The van der Waals surface area contributed by atoms with Crippen LogP contribution in [0.5, 0.6) is 0 Å². The van der Waals surface area contributed by atoms with Crippen molar-refractivity contribution in [3.63, 3.8) is 0 Å². The van der Waals surface area contributed by atoms with Crippen LogP contribution in [0.2, 0.25) is 0 Å². The highest BCUT2D eigenvalue weighted by molar-refractivity contribution is 7.88. The monoisotopic (exact) mass is 269 g/mol. The summed E-state index contributed by atoms with van der Waals surface area (Å²) in [6.45, 7) is 1.90. The molecule has 1 atom stereocenters. The maximum atomic E-state index is 11.4. The van der Waals surface area contributed by atoms with Gasteiger partial charge in [0, 0.05) is 26.2 Å². The summed E-state index contributed by atoms with van der Waals surface area (Å²) in [6.07, 6.45) is 2.74. The molecule has 1 aromatic rings. The fraction of sp³-hybridized carbons (Fsp3) is 0.545. The van der Waals surface area contributed by atoms with E-state index in [1.807, 2.05) is 4.90 Å². The highest BCUT2D eigenvalue weighted by Crippen LogP contribution is 2.22. The molecule has 1 fully saturated rings. The third-order valence-corrected chi connectivity index (χ3v) is 4.35. The van der Waals surface area contributed by atoms with Crippen LogP contribution in [0.25, 0.3) is 0 Å². The van der Waals surface area contributed by atoms with E-state index in [2.05, 4.69) is 6.07 Å². The number of furan rings is 1. The summed E-state index contributed by atoms with van der Waals surface area (Å²) in [5.74, 6) is 0.602. The number of nitrogens with zero attached hydrogens (tertiary/aromatic N) is 3. The van der Waals surface area contributed by atoms with Gasteiger partial charge < -0.3 is 4.42 Å². The number of nitriles is 1. The topological polar surface area (TPSA) is 77.5 Å². The Morgan fingerprint density at radius 1 is 1.39 bits per heavy atom. The lowest BCUT2D eigenvalue weighted by Crippen LogP contribution is -2.49. The molecule has 7 heteroatoms. The van der Waals surface area contributed by atoms with Gasteiger partial charge in [0.2, 0.25) is 10.0 Å². The minimum absolute atomic E-state index is 0.414. The molecule has 0 saturated carbocycles. The van der Waals surface area contributed by atoms with Gasteiger partial charge >= 0.3 is 0 Å². The molecule has 1 unspecified atom stereocenters. The molecule has 2 heterocycles. The fourth-order valence-electron chi connectivity index (χ4n) is 2.07. The van der Waals surface area contributed by atoms with E-state index >= 15 is 0 Å². The third kappa shape index (κ3) is 2.72. The average Bonchev–Trinajstić information content (AvgIpc) is 2.83. The quantitative estimate of drug-likeness (QED) is 0.794. The standard InChI is InChI=1S/C11H15N3O3S/c1-18(15,16)14-6-4-13(5-7-14)10(9-12)11-3-2-8-17-11/h2-3,8,10H,4-7H2,1H3. The van der Waals surface area contributed by atoms with E-state index in [9.17, 15) is 13.7 Å². The van der Waals surface area contributed by atoms with Gasteiger partial charge in [0.15, 0.2) is 6.04 Å². The van der Waals surface area contributed by atoms with E-state index in [0.29, 0.717) is 31.9 Å². The Labute approximate surface area is 106 Å². The summed E-state index contributed by atoms with van der Waals surface area (Å²) >= 11 is 0. The Morgan fingerprint density at radius 3 is 2.50 bits per heavy atom. The summed E-state index contributed by atoms with van der Waals surface area (Å²) in [6, 6.07) is 5.25. The Hall–Kier alpha value is -1.36. The molecule has 98 valence electrons.